The number of hydrogen-bond donors (Lipinski definition) is 2. The minimum atomic E-state index is -0.964. The Kier molecular flexibility index (Phi) is 6.26. The van der Waals surface area contributed by atoms with Crippen LogP contribution < -0.4 is 5.32 Å². The number of amides is 2. The number of carbonyl (C=O) groups excluding carboxylic acids is 1. The van der Waals surface area contributed by atoms with Crippen LogP contribution in [0.15, 0.2) is 0 Å². The van der Waals surface area contributed by atoms with Crippen LogP contribution >= 0.6 is 0 Å². The second kappa shape index (κ2) is 7.47. The number of aliphatic carboxylic acids is 1. The number of rotatable bonds is 5. The van der Waals surface area contributed by atoms with E-state index in [1.54, 1.807) is 4.90 Å². The van der Waals surface area contributed by atoms with Crippen LogP contribution in [0.5, 0.6) is 0 Å². The van der Waals surface area contributed by atoms with Gasteiger partial charge < -0.3 is 20.2 Å². The molecule has 2 amide bonds. The summed E-state index contributed by atoms with van der Waals surface area (Å²) in [7, 11) is 4.01. The molecule has 0 spiro atoms. The standard InChI is InChI=1S/C14H27N3O3/c1-5-10(2)12(13(18)19)15-14(20)17-8-6-7-11(9-17)16(3)4/h10-12H,5-9H2,1-4H3,(H,15,20)(H,18,19)/t10?,11?,12-/m0/s1. The number of likely N-dealkylation sites (tertiary alicyclic amines) is 1. The van der Waals surface area contributed by atoms with E-state index in [9.17, 15) is 14.7 Å². The smallest absolute Gasteiger partial charge is 0.326 e. The molecule has 1 heterocycles. The number of nitrogens with one attached hydrogen (secondary N) is 1. The maximum atomic E-state index is 12.2. The van der Waals surface area contributed by atoms with Gasteiger partial charge in [0.1, 0.15) is 6.04 Å². The van der Waals surface area contributed by atoms with Gasteiger partial charge in [0, 0.05) is 19.1 Å². The lowest BCUT2D eigenvalue weighted by Gasteiger charge is -2.36. The van der Waals surface area contributed by atoms with Crippen molar-refractivity contribution in [3.8, 4) is 0 Å². The maximum Gasteiger partial charge on any atom is 0.326 e. The number of carbonyl (C=O) groups is 2. The van der Waals surface area contributed by atoms with E-state index >= 15 is 0 Å². The summed E-state index contributed by atoms with van der Waals surface area (Å²) in [6, 6.07) is -0.724. The predicted molar refractivity (Wildman–Crippen MR) is 77.7 cm³/mol. The van der Waals surface area contributed by atoms with Crippen molar-refractivity contribution in [2.24, 2.45) is 5.92 Å². The van der Waals surface area contributed by atoms with E-state index in [0.29, 0.717) is 19.1 Å². The summed E-state index contributed by atoms with van der Waals surface area (Å²) in [5.41, 5.74) is 0. The summed E-state index contributed by atoms with van der Waals surface area (Å²) in [6.07, 6.45) is 2.75. The van der Waals surface area contributed by atoms with E-state index in [1.165, 1.54) is 0 Å². The largest absolute Gasteiger partial charge is 0.480 e. The molecule has 2 N–H and O–H groups in total. The quantitative estimate of drug-likeness (QED) is 0.796. The molecule has 0 aromatic carbocycles. The maximum absolute atomic E-state index is 12.2. The third-order valence-electron chi connectivity index (χ3n) is 4.17. The zero-order valence-corrected chi connectivity index (χ0v) is 12.9. The Hall–Kier alpha value is -1.30. The molecule has 0 aromatic rings. The lowest BCUT2D eigenvalue weighted by molar-refractivity contribution is -0.140. The predicted octanol–water partition coefficient (Wildman–Crippen LogP) is 1.22. The Morgan fingerprint density at radius 3 is 2.60 bits per heavy atom. The Balaban J connectivity index is 2.62. The zero-order valence-electron chi connectivity index (χ0n) is 12.9. The van der Waals surface area contributed by atoms with E-state index in [4.69, 9.17) is 0 Å². The summed E-state index contributed by atoms with van der Waals surface area (Å²) < 4.78 is 0. The monoisotopic (exact) mass is 285 g/mol. The third-order valence-corrected chi connectivity index (χ3v) is 4.17. The first-order valence-electron chi connectivity index (χ1n) is 7.31. The van der Waals surface area contributed by atoms with Crippen LogP contribution in [0.3, 0.4) is 0 Å². The minimum Gasteiger partial charge on any atom is -0.480 e. The second-order valence-electron chi connectivity index (χ2n) is 5.86. The highest BCUT2D eigenvalue weighted by Crippen LogP contribution is 2.15. The summed E-state index contributed by atoms with van der Waals surface area (Å²) in [4.78, 5) is 27.3. The van der Waals surface area contributed by atoms with Crippen molar-refractivity contribution in [2.45, 2.75) is 45.2 Å². The van der Waals surface area contributed by atoms with Gasteiger partial charge in [0.05, 0.1) is 0 Å². The first-order chi connectivity index (χ1) is 9.36. The topological polar surface area (TPSA) is 72.9 Å². The van der Waals surface area contributed by atoms with Crippen LogP contribution in [0.4, 0.5) is 4.79 Å². The first kappa shape index (κ1) is 16.8. The Labute approximate surface area is 121 Å². The number of hydrogen-bond acceptors (Lipinski definition) is 3. The number of carboxylic acids is 1. The van der Waals surface area contributed by atoms with Crippen molar-refractivity contribution in [3.05, 3.63) is 0 Å². The molecule has 2 unspecified atom stereocenters. The summed E-state index contributed by atoms with van der Waals surface area (Å²) in [5, 5.41) is 11.9. The molecule has 1 aliphatic heterocycles. The molecule has 1 fully saturated rings. The molecule has 3 atom stereocenters. The van der Waals surface area contributed by atoms with Crippen molar-refractivity contribution in [2.75, 3.05) is 27.2 Å². The van der Waals surface area contributed by atoms with Crippen LogP contribution in [0.2, 0.25) is 0 Å². The van der Waals surface area contributed by atoms with Crippen molar-refractivity contribution < 1.29 is 14.7 Å². The van der Waals surface area contributed by atoms with Crippen LogP contribution in [-0.2, 0) is 4.79 Å². The molecule has 6 heteroatoms. The van der Waals surface area contributed by atoms with Crippen LogP contribution in [0.1, 0.15) is 33.1 Å². The summed E-state index contributed by atoms with van der Waals surface area (Å²) in [6.45, 7) is 5.13. The zero-order chi connectivity index (χ0) is 15.3. The fourth-order valence-electron chi connectivity index (χ4n) is 2.47. The lowest BCUT2D eigenvalue weighted by atomic mass is 9.99. The highest BCUT2D eigenvalue weighted by atomic mass is 16.4. The molecule has 0 radical (unpaired) electrons. The summed E-state index contributed by atoms with van der Waals surface area (Å²) in [5.74, 6) is -1.04. The van der Waals surface area contributed by atoms with Gasteiger partial charge >= 0.3 is 12.0 Å². The number of nitrogens with zero attached hydrogens (tertiary/aromatic N) is 2. The fraction of sp³-hybridized carbons (Fsp3) is 0.857. The summed E-state index contributed by atoms with van der Waals surface area (Å²) >= 11 is 0. The van der Waals surface area contributed by atoms with Gasteiger partial charge in [-0.1, -0.05) is 20.3 Å². The first-order valence-corrected chi connectivity index (χ1v) is 7.31. The van der Waals surface area contributed by atoms with E-state index in [-0.39, 0.29) is 11.9 Å². The van der Waals surface area contributed by atoms with Gasteiger partial charge in [-0.05, 0) is 32.9 Å². The molecule has 0 aliphatic carbocycles. The molecule has 0 bridgehead atoms. The number of likely N-dealkylation sites (N-methyl/N-ethyl adjacent to an activating group) is 1. The third kappa shape index (κ3) is 4.37. The minimum absolute atomic E-state index is 0.0779. The number of piperidine rings is 1. The molecule has 6 nitrogen and oxygen atoms in total. The molecule has 116 valence electrons. The van der Waals surface area contributed by atoms with E-state index in [2.05, 4.69) is 10.2 Å². The average molecular weight is 285 g/mol. The number of urea groups is 1. The van der Waals surface area contributed by atoms with Gasteiger partial charge in [-0.25, -0.2) is 9.59 Å². The van der Waals surface area contributed by atoms with Gasteiger partial charge in [-0.3, -0.25) is 0 Å². The van der Waals surface area contributed by atoms with Crippen LogP contribution in [0.25, 0.3) is 0 Å². The average Bonchev–Trinajstić information content (AvgIpc) is 2.43. The highest BCUT2D eigenvalue weighted by Gasteiger charge is 2.30. The fourth-order valence-corrected chi connectivity index (χ4v) is 2.47. The Morgan fingerprint density at radius 1 is 1.45 bits per heavy atom. The second-order valence-corrected chi connectivity index (χ2v) is 5.86. The van der Waals surface area contributed by atoms with E-state index < -0.39 is 12.0 Å². The van der Waals surface area contributed by atoms with Gasteiger partial charge in [-0.2, -0.15) is 0 Å². The molecule has 0 aromatic heterocycles. The molecule has 1 rings (SSSR count). The van der Waals surface area contributed by atoms with Gasteiger partial charge in [0.2, 0.25) is 0 Å². The normalized spacial score (nSPS) is 22.4. The molecule has 1 saturated heterocycles. The molecular weight excluding hydrogens is 258 g/mol. The van der Waals surface area contributed by atoms with Crippen molar-refractivity contribution in [3.63, 3.8) is 0 Å². The van der Waals surface area contributed by atoms with Crippen LogP contribution in [0, 0.1) is 5.92 Å². The van der Waals surface area contributed by atoms with Gasteiger partial charge in [0.15, 0.2) is 0 Å². The molecular formula is C14H27N3O3. The van der Waals surface area contributed by atoms with Gasteiger partial charge in [0.25, 0.3) is 0 Å². The lowest BCUT2D eigenvalue weighted by Crippen LogP contribution is -2.55. The molecule has 20 heavy (non-hydrogen) atoms. The van der Waals surface area contributed by atoms with Crippen LogP contribution in [-0.4, -0.2) is 66.2 Å². The highest BCUT2D eigenvalue weighted by molar-refractivity contribution is 5.82. The van der Waals surface area contributed by atoms with Crippen molar-refractivity contribution in [1.82, 2.24) is 15.1 Å². The van der Waals surface area contributed by atoms with E-state index in [0.717, 1.165) is 19.3 Å². The Bertz CT molecular complexity index is 347. The molecule has 1 aliphatic rings. The van der Waals surface area contributed by atoms with E-state index in [1.807, 2.05) is 27.9 Å². The van der Waals surface area contributed by atoms with Gasteiger partial charge in [-0.15, -0.1) is 0 Å². The Morgan fingerprint density at radius 2 is 2.10 bits per heavy atom. The SMILES string of the molecule is CCC(C)[C@H](NC(=O)N1CCCC(N(C)C)C1)C(=O)O. The number of carboxylic acid groups (broad SMARTS) is 1. The molecule has 0 saturated carbocycles. The van der Waals surface area contributed by atoms with Crippen molar-refractivity contribution in [1.29, 1.82) is 0 Å². The van der Waals surface area contributed by atoms with Crippen molar-refractivity contribution >= 4 is 12.0 Å².